The van der Waals surface area contributed by atoms with Crippen LogP contribution in [0.2, 0.25) is 0 Å². The molecule has 3 rings (SSSR count). The highest BCUT2D eigenvalue weighted by atomic mass is 16.5. The summed E-state index contributed by atoms with van der Waals surface area (Å²) in [5, 5.41) is 0. The maximum Gasteiger partial charge on any atom is 0.354 e. The number of aromatic nitrogens is 2. The predicted molar refractivity (Wildman–Crippen MR) is 138 cm³/mol. The number of rotatable bonds is 11. The van der Waals surface area contributed by atoms with E-state index in [-0.39, 0.29) is 5.92 Å². The van der Waals surface area contributed by atoms with Crippen molar-refractivity contribution < 1.29 is 19.1 Å². The van der Waals surface area contributed by atoms with Gasteiger partial charge in [0, 0.05) is 11.4 Å². The van der Waals surface area contributed by atoms with Crippen LogP contribution in [0.1, 0.15) is 95.5 Å². The largest absolute Gasteiger partial charge is 0.464 e. The van der Waals surface area contributed by atoms with E-state index in [1.165, 1.54) is 14.2 Å². The van der Waals surface area contributed by atoms with Crippen LogP contribution >= 0.6 is 0 Å². The summed E-state index contributed by atoms with van der Waals surface area (Å²) in [7, 11) is 2.78. The molecule has 0 saturated carbocycles. The van der Waals surface area contributed by atoms with Gasteiger partial charge in [0.25, 0.3) is 0 Å². The van der Waals surface area contributed by atoms with E-state index in [0.29, 0.717) is 23.2 Å². The number of benzene rings is 1. The third-order valence-corrected chi connectivity index (χ3v) is 6.37. The molecule has 0 amide bonds. The van der Waals surface area contributed by atoms with E-state index in [1.54, 1.807) is 0 Å². The fraction of sp³-hybridized carbons (Fsp3) is 0.448. The first-order valence-electron chi connectivity index (χ1n) is 12.4. The summed E-state index contributed by atoms with van der Waals surface area (Å²) in [5.41, 5.74) is 5.99. The monoisotopic (exact) mass is 478 g/mol. The molecule has 0 radical (unpaired) electrons. The molecule has 6 heteroatoms. The van der Waals surface area contributed by atoms with Crippen LogP contribution in [0.3, 0.4) is 0 Å². The molecule has 0 fully saturated rings. The number of nitrogens with one attached hydrogen (secondary N) is 2. The van der Waals surface area contributed by atoms with Crippen molar-refractivity contribution in [1.29, 1.82) is 0 Å². The Labute approximate surface area is 208 Å². The number of hydrogen-bond acceptors (Lipinski definition) is 4. The summed E-state index contributed by atoms with van der Waals surface area (Å²) in [4.78, 5) is 31.7. The van der Waals surface area contributed by atoms with Gasteiger partial charge in [0.05, 0.1) is 20.1 Å². The normalized spacial score (nSPS) is 11.5. The van der Waals surface area contributed by atoms with Crippen molar-refractivity contribution in [2.24, 2.45) is 11.8 Å². The maximum absolute atomic E-state index is 12.5. The predicted octanol–water partition coefficient (Wildman–Crippen LogP) is 6.27. The summed E-state index contributed by atoms with van der Waals surface area (Å²) in [6.45, 7) is 8.78. The SMILES string of the molecule is COC(=O)c1cc(CCC(C)C)c(C(c2ccccc2)c2[nH]c(C(=O)OC)cc2CCC(C)C)[nH]1. The number of aromatic amines is 2. The van der Waals surface area contributed by atoms with Gasteiger partial charge in [0.1, 0.15) is 11.4 Å². The highest BCUT2D eigenvalue weighted by Crippen LogP contribution is 2.37. The van der Waals surface area contributed by atoms with Gasteiger partial charge in [-0.3, -0.25) is 0 Å². The lowest BCUT2D eigenvalue weighted by molar-refractivity contribution is 0.0586. The Hall–Kier alpha value is -3.28. The van der Waals surface area contributed by atoms with Gasteiger partial charge in [-0.15, -0.1) is 0 Å². The molecular weight excluding hydrogens is 440 g/mol. The summed E-state index contributed by atoms with van der Waals surface area (Å²) in [5.74, 6) is 0.0450. The number of carbonyl (C=O) groups excluding carboxylic acids is 2. The molecule has 0 atom stereocenters. The quantitative estimate of drug-likeness (QED) is 0.318. The Morgan fingerprint density at radius 1 is 0.743 bits per heavy atom. The summed E-state index contributed by atoms with van der Waals surface area (Å²) in [6.07, 6.45) is 3.64. The summed E-state index contributed by atoms with van der Waals surface area (Å²) < 4.78 is 10.0. The fourth-order valence-electron chi connectivity index (χ4n) is 4.41. The first-order chi connectivity index (χ1) is 16.7. The molecule has 0 spiro atoms. The van der Waals surface area contributed by atoms with Crippen molar-refractivity contribution in [2.75, 3.05) is 14.2 Å². The highest BCUT2D eigenvalue weighted by molar-refractivity contribution is 5.88. The molecule has 0 aliphatic heterocycles. The van der Waals surface area contributed by atoms with Gasteiger partial charge in [0.2, 0.25) is 0 Å². The van der Waals surface area contributed by atoms with Crippen LogP contribution in [0.15, 0.2) is 42.5 Å². The van der Waals surface area contributed by atoms with Crippen molar-refractivity contribution in [1.82, 2.24) is 9.97 Å². The highest BCUT2D eigenvalue weighted by Gasteiger charge is 2.28. The van der Waals surface area contributed by atoms with Gasteiger partial charge in [-0.25, -0.2) is 9.59 Å². The minimum absolute atomic E-state index is 0.211. The zero-order valence-corrected chi connectivity index (χ0v) is 21.7. The van der Waals surface area contributed by atoms with E-state index in [1.807, 2.05) is 30.3 Å². The number of esters is 2. The molecule has 3 aromatic rings. The molecule has 2 aromatic heterocycles. The van der Waals surface area contributed by atoms with E-state index in [4.69, 9.17) is 9.47 Å². The minimum Gasteiger partial charge on any atom is -0.464 e. The van der Waals surface area contributed by atoms with E-state index in [2.05, 4.69) is 49.8 Å². The molecule has 0 saturated heterocycles. The standard InChI is InChI=1S/C29H38N2O4/c1-18(2)12-14-21-16-23(28(32)34-5)30-26(21)25(20-10-8-7-9-11-20)27-22(15-13-19(3)4)17-24(31-27)29(33)35-6/h7-11,16-19,25,30-31H,12-15H2,1-6H3. The number of carbonyl (C=O) groups is 2. The Balaban J connectivity index is 2.23. The molecule has 2 heterocycles. The third kappa shape index (κ3) is 6.44. The number of aryl methyl sites for hydroxylation is 2. The Bertz CT molecular complexity index is 1050. The van der Waals surface area contributed by atoms with Crippen LogP contribution in [0.5, 0.6) is 0 Å². The topological polar surface area (TPSA) is 84.2 Å². The molecule has 0 aliphatic carbocycles. The average molecular weight is 479 g/mol. The minimum atomic E-state index is -0.393. The second kappa shape index (κ2) is 11.9. The van der Waals surface area contributed by atoms with Gasteiger partial charge in [-0.05, 0) is 66.3 Å². The zero-order valence-electron chi connectivity index (χ0n) is 21.7. The Morgan fingerprint density at radius 2 is 1.17 bits per heavy atom. The number of methoxy groups -OCH3 is 2. The van der Waals surface area contributed by atoms with Gasteiger partial charge in [0.15, 0.2) is 0 Å². The Morgan fingerprint density at radius 3 is 1.54 bits per heavy atom. The van der Waals surface area contributed by atoms with E-state index in [0.717, 1.165) is 53.8 Å². The second-order valence-corrected chi connectivity index (χ2v) is 9.94. The smallest absolute Gasteiger partial charge is 0.354 e. The lowest BCUT2D eigenvalue weighted by atomic mass is 9.86. The zero-order chi connectivity index (χ0) is 25.5. The van der Waals surface area contributed by atoms with Crippen LogP contribution in [-0.2, 0) is 22.3 Å². The lowest BCUT2D eigenvalue weighted by Crippen LogP contribution is -2.11. The van der Waals surface area contributed by atoms with Crippen LogP contribution < -0.4 is 0 Å². The molecule has 2 N–H and O–H groups in total. The van der Waals surface area contributed by atoms with Crippen molar-refractivity contribution in [3.63, 3.8) is 0 Å². The van der Waals surface area contributed by atoms with Crippen molar-refractivity contribution in [2.45, 2.75) is 59.3 Å². The van der Waals surface area contributed by atoms with Crippen molar-refractivity contribution in [3.05, 3.63) is 81.9 Å². The number of ether oxygens (including phenoxy) is 2. The number of H-pyrrole nitrogens is 2. The molecule has 0 unspecified atom stereocenters. The molecule has 1 aromatic carbocycles. The first kappa shape index (κ1) is 26.3. The molecule has 6 nitrogen and oxygen atoms in total. The maximum atomic E-state index is 12.5. The number of hydrogen-bond donors (Lipinski definition) is 2. The van der Waals surface area contributed by atoms with Crippen LogP contribution in [0.4, 0.5) is 0 Å². The average Bonchev–Trinajstić information content (AvgIpc) is 3.46. The van der Waals surface area contributed by atoms with Crippen LogP contribution in [-0.4, -0.2) is 36.1 Å². The van der Waals surface area contributed by atoms with E-state index < -0.39 is 11.9 Å². The fourth-order valence-corrected chi connectivity index (χ4v) is 4.41. The molecule has 35 heavy (non-hydrogen) atoms. The van der Waals surface area contributed by atoms with Crippen LogP contribution in [0.25, 0.3) is 0 Å². The molecular formula is C29H38N2O4. The summed E-state index contributed by atoms with van der Waals surface area (Å²) in [6, 6.07) is 14.0. The van der Waals surface area contributed by atoms with Crippen molar-refractivity contribution >= 4 is 11.9 Å². The lowest BCUT2D eigenvalue weighted by Gasteiger charge is -2.20. The van der Waals surface area contributed by atoms with E-state index in [9.17, 15) is 9.59 Å². The molecule has 0 bridgehead atoms. The molecule has 0 aliphatic rings. The van der Waals surface area contributed by atoms with Gasteiger partial charge in [-0.2, -0.15) is 0 Å². The molecule has 188 valence electrons. The Kier molecular flexibility index (Phi) is 8.96. The summed E-state index contributed by atoms with van der Waals surface area (Å²) >= 11 is 0. The van der Waals surface area contributed by atoms with Gasteiger partial charge in [-0.1, -0.05) is 58.0 Å². The van der Waals surface area contributed by atoms with Gasteiger partial charge >= 0.3 is 11.9 Å². The van der Waals surface area contributed by atoms with Gasteiger partial charge < -0.3 is 19.4 Å². The van der Waals surface area contributed by atoms with Crippen LogP contribution in [0, 0.1) is 11.8 Å². The first-order valence-corrected chi connectivity index (χ1v) is 12.4. The van der Waals surface area contributed by atoms with Crippen molar-refractivity contribution in [3.8, 4) is 0 Å². The second-order valence-electron chi connectivity index (χ2n) is 9.94. The third-order valence-electron chi connectivity index (χ3n) is 6.37. The van der Waals surface area contributed by atoms with E-state index >= 15 is 0 Å².